The summed E-state index contributed by atoms with van der Waals surface area (Å²) in [5.41, 5.74) is 2.79. The highest BCUT2D eigenvalue weighted by atomic mass is 16.5. The molecule has 1 saturated heterocycles. The van der Waals surface area contributed by atoms with Crippen LogP contribution in [0.25, 0.3) is 0 Å². The topological polar surface area (TPSA) is 65.0 Å². The number of carbonyl (C=O) groups excluding carboxylic acids is 1. The van der Waals surface area contributed by atoms with E-state index in [1.807, 2.05) is 66.7 Å². The number of methoxy groups -OCH3 is 1. The van der Waals surface area contributed by atoms with Crippen LogP contribution >= 0.6 is 0 Å². The van der Waals surface area contributed by atoms with Gasteiger partial charge in [-0.2, -0.15) is 0 Å². The second kappa shape index (κ2) is 10.3. The molecule has 0 spiro atoms. The molecule has 1 aliphatic heterocycles. The van der Waals surface area contributed by atoms with E-state index in [0.29, 0.717) is 11.5 Å². The Morgan fingerprint density at radius 3 is 2.44 bits per heavy atom. The van der Waals surface area contributed by atoms with Gasteiger partial charge < -0.3 is 15.2 Å². The van der Waals surface area contributed by atoms with E-state index in [1.165, 1.54) is 0 Å². The van der Waals surface area contributed by atoms with Gasteiger partial charge in [0.05, 0.1) is 7.11 Å². The molecule has 0 radical (unpaired) electrons. The second-order valence-electron chi connectivity index (χ2n) is 8.02. The second-order valence-corrected chi connectivity index (χ2v) is 8.02. The third-order valence-corrected chi connectivity index (χ3v) is 5.79. The van der Waals surface area contributed by atoms with Crippen LogP contribution in [-0.2, 0) is 11.3 Å². The van der Waals surface area contributed by atoms with Crippen LogP contribution in [0.5, 0.6) is 11.5 Å². The molecule has 166 valence electrons. The number of hydrogen-bond acceptors (Lipinski definition) is 5. The van der Waals surface area contributed by atoms with E-state index in [2.05, 4.69) is 15.1 Å². The Balaban J connectivity index is 1.46. The fourth-order valence-corrected chi connectivity index (χ4v) is 4.17. The first-order chi connectivity index (χ1) is 15.6. The molecule has 2 N–H and O–H groups in total. The summed E-state index contributed by atoms with van der Waals surface area (Å²) in [4.78, 5) is 18.0. The maximum Gasteiger partial charge on any atom is 0.246 e. The van der Waals surface area contributed by atoms with E-state index in [-0.39, 0.29) is 11.9 Å². The van der Waals surface area contributed by atoms with Crippen molar-refractivity contribution in [2.24, 2.45) is 0 Å². The smallest absolute Gasteiger partial charge is 0.246 e. The minimum atomic E-state index is -0.370. The molecule has 3 aromatic rings. The molecule has 1 heterocycles. The molecule has 1 fully saturated rings. The summed E-state index contributed by atoms with van der Waals surface area (Å²) in [6, 6.07) is 24.4. The largest absolute Gasteiger partial charge is 0.508 e. The van der Waals surface area contributed by atoms with Crippen molar-refractivity contribution < 1.29 is 14.6 Å². The number of rotatable bonds is 7. The number of amides is 1. The van der Waals surface area contributed by atoms with Gasteiger partial charge in [-0.05, 0) is 35.4 Å². The first-order valence-electron chi connectivity index (χ1n) is 10.9. The lowest BCUT2D eigenvalue weighted by Gasteiger charge is -2.38. The third-order valence-electron chi connectivity index (χ3n) is 5.79. The Morgan fingerprint density at radius 1 is 0.969 bits per heavy atom. The van der Waals surface area contributed by atoms with Crippen LogP contribution in [0.4, 0.5) is 5.69 Å². The number of ether oxygens (including phenoxy) is 1. The van der Waals surface area contributed by atoms with Gasteiger partial charge in [0.25, 0.3) is 0 Å². The molecule has 6 nitrogen and oxygen atoms in total. The lowest BCUT2D eigenvalue weighted by Crippen LogP contribution is -2.49. The molecule has 32 heavy (non-hydrogen) atoms. The van der Waals surface area contributed by atoms with Crippen molar-refractivity contribution in [3.63, 3.8) is 0 Å². The summed E-state index contributed by atoms with van der Waals surface area (Å²) in [5.74, 6) is 0.949. The fraction of sp³-hybridized carbons (Fsp3) is 0.269. The van der Waals surface area contributed by atoms with Crippen molar-refractivity contribution in [1.29, 1.82) is 0 Å². The number of piperazine rings is 1. The van der Waals surface area contributed by atoms with Gasteiger partial charge in [0.2, 0.25) is 5.91 Å². The number of anilines is 1. The van der Waals surface area contributed by atoms with Gasteiger partial charge in [0.1, 0.15) is 17.5 Å². The van der Waals surface area contributed by atoms with Gasteiger partial charge in [0.15, 0.2) is 0 Å². The van der Waals surface area contributed by atoms with Gasteiger partial charge in [-0.15, -0.1) is 0 Å². The number of phenols is 1. The Morgan fingerprint density at radius 2 is 1.72 bits per heavy atom. The van der Waals surface area contributed by atoms with Gasteiger partial charge in [-0.3, -0.25) is 14.6 Å². The van der Waals surface area contributed by atoms with E-state index in [1.54, 1.807) is 19.2 Å². The first-order valence-corrected chi connectivity index (χ1v) is 10.9. The predicted octanol–water partition coefficient (Wildman–Crippen LogP) is 3.90. The number of carbonyl (C=O) groups is 1. The molecule has 0 aromatic heterocycles. The average molecular weight is 432 g/mol. The van der Waals surface area contributed by atoms with Crippen LogP contribution in [0, 0.1) is 0 Å². The Labute approximate surface area is 189 Å². The van der Waals surface area contributed by atoms with Crippen molar-refractivity contribution in [1.82, 2.24) is 9.80 Å². The van der Waals surface area contributed by atoms with Crippen molar-refractivity contribution in [3.8, 4) is 11.5 Å². The Hall–Kier alpha value is -3.35. The number of nitrogens with one attached hydrogen (secondary N) is 1. The van der Waals surface area contributed by atoms with Gasteiger partial charge in [0, 0.05) is 44.5 Å². The monoisotopic (exact) mass is 431 g/mol. The lowest BCUT2D eigenvalue weighted by molar-refractivity contribution is -0.122. The highest BCUT2D eigenvalue weighted by molar-refractivity contribution is 5.95. The molecule has 4 rings (SSSR count). The SMILES string of the molecule is COc1cccc(NC(=O)[C@H](c2ccccc2)N2CCN(Cc3cccc(O)c3)CC2)c1. The summed E-state index contributed by atoms with van der Waals surface area (Å²) in [6.45, 7) is 4.05. The third kappa shape index (κ3) is 5.46. The quantitative estimate of drug-likeness (QED) is 0.594. The maximum absolute atomic E-state index is 13.4. The molecule has 0 aliphatic carbocycles. The van der Waals surface area contributed by atoms with Crippen LogP contribution < -0.4 is 10.1 Å². The molecule has 1 aliphatic rings. The minimum absolute atomic E-state index is 0.0501. The number of nitrogens with zero attached hydrogens (tertiary/aromatic N) is 2. The molecular weight excluding hydrogens is 402 g/mol. The fourth-order valence-electron chi connectivity index (χ4n) is 4.17. The summed E-state index contributed by atoms with van der Waals surface area (Å²) < 4.78 is 5.28. The van der Waals surface area contributed by atoms with Crippen LogP contribution in [0.1, 0.15) is 17.2 Å². The van der Waals surface area contributed by atoms with E-state index in [4.69, 9.17) is 4.74 Å². The highest BCUT2D eigenvalue weighted by Gasteiger charge is 2.30. The van der Waals surface area contributed by atoms with Crippen LogP contribution in [0.3, 0.4) is 0 Å². The van der Waals surface area contributed by atoms with Crippen molar-refractivity contribution in [3.05, 3.63) is 90.0 Å². The molecule has 6 heteroatoms. The van der Waals surface area contributed by atoms with Gasteiger partial charge >= 0.3 is 0 Å². The van der Waals surface area contributed by atoms with Gasteiger partial charge in [-0.25, -0.2) is 0 Å². The summed E-state index contributed by atoms with van der Waals surface area (Å²) in [6.07, 6.45) is 0. The molecule has 0 unspecified atom stereocenters. The zero-order chi connectivity index (χ0) is 22.3. The molecular formula is C26H29N3O3. The van der Waals surface area contributed by atoms with Crippen molar-refractivity contribution >= 4 is 11.6 Å². The number of aromatic hydroxyl groups is 1. The first kappa shape index (κ1) is 21.9. The molecule has 1 amide bonds. The number of benzene rings is 3. The lowest BCUT2D eigenvalue weighted by atomic mass is 10.0. The molecule has 0 saturated carbocycles. The standard InChI is InChI=1S/C26H29N3O3/c1-32-24-12-6-10-22(18-24)27-26(31)25(21-8-3-2-4-9-21)29-15-13-28(14-16-29)19-20-7-5-11-23(30)17-20/h2-12,17-18,25,30H,13-16,19H2,1H3,(H,27,31)/t25-/m0/s1. The summed E-state index contributed by atoms with van der Waals surface area (Å²) in [5, 5.41) is 12.8. The molecule has 3 aromatic carbocycles. The van der Waals surface area contributed by atoms with E-state index in [0.717, 1.165) is 49.5 Å². The van der Waals surface area contributed by atoms with Crippen molar-refractivity contribution in [2.45, 2.75) is 12.6 Å². The van der Waals surface area contributed by atoms with E-state index in [9.17, 15) is 9.90 Å². The maximum atomic E-state index is 13.4. The summed E-state index contributed by atoms with van der Waals surface area (Å²) >= 11 is 0. The number of phenolic OH excluding ortho intramolecular Hbond substituents is 1. The summed E-state index contributed by atoms with van der Waals surface area (Å²) in [7, 11) is 1.62. The zero-order valence-electron chi connectivity index (χ0n) is 18.3. The van der Waals surface area contributed by atoms with Gasteiger partial charge in [-0.1, -0.05) is 48.5 Å². The van der Waals surface area contributed by atoms with E-state index < -0.39 is 0 Å². The highest BCUT2D eigenvalue weighted by Crippen LogP contribution is 2.26. The van der Waals surface area contributed by atoms with Crippen LogP contribution in [0.2, 0.25) is 0 Å². The Bertz CT molecular complexity index is 1030. The molecule has 0 bridgehead atoms. The normalized spacial score (nSPS) is 15.8. The number of hydrogen-bond donors (Lipinski definition) is 2. The van der Waals surface area contributed by atoms with Crippen LogP contribution in [-0.4, -0.2) is 54.1 Å². The molecule has 1 atom stereocenters. The minimum Gasteiger partial charge on any atom is -0.508 e. The van der Waals surface area contributed by atoms with Crippen LogP contribution in [0.15, 0.2) is 78.9 Å². The van der Waals surface area contributed by atoms with E-state index >= 15 is 0 Å². The predicted molar refractivity (Wildman–Crippen MR) is 126 cm³/mol. The Kier molecular flexibility index (Phi) is 7.04. The zero-order valence-corrected chi connectivity index (χ0v) is 18.3. The average Bonchev–Trinajstić information content (AvgIpc) is 2.81. The van der Waals surface area contributed by atoms with Crippen molar-refractivity contribution in [2.75, 3.05) is 38.6 Å².